The summed E-state index contributed by atoms with van der Waals surface area (Å²) in [6.45, 7) is 0. The lowest BCUT2D eigenvalue weighted by atomic mass is 10.0. The van der Waals surface area contributed by atoms with Gasteiger partial charge in [0.25, 0.3) is 5.91 Å². The van der Waals surface area contributed by atoms with E-state index >= 15 is 0 Å². The van der Waals surface area contributed by atoms with Crippen LogP contribution in [-0.2, 0) is 16.0 Å². The lowest BCUT2D eigenvalue weighted by molar-refractivity contribution is -0.143. The van der Waals surface area contributed by atoms with Gasteiger partial charge in [-0.05, 0) is 43.0 Å². The predicted molar refractivity (Wildman–Crippen MR) is 89.0 cm³/mol. The van der Waals surface area contributed by atoms with Crippen molar-refractivity contribution in [3.8, 4) is 0 Å². The van der Waals surface area contributed by atoms with Gasteiger partial charge in [-0.3, -0.25) is 4.79 Å². The van der Waals surface area contributed by atoms with Gasteiger partial charge in [-0.15, -0.1) is 0 Å². The van der Waals surface area contributed by atoms with Crippen molar-refractivity contribution < 1.29 is 23.1 Å². The standard InChI is InChI=1S/C19H19F2NO3/c1-25-19(24)17(9-5-8-13-6-3-2-4-7-13)22-18(23)14-10-11-15(20)16(21)12-14/h2-4,6-7,10-12,17H,5,8-9H2,1H3,(H,22,23)/t17-/m0/s1. The minimum absolute atomic E-state index is 0.0594. The van der Waals surface area contributed by atoms with Crippen LogP contribution in [0.1, 0.15) is 28.8 Å². The Bertz CT molecular complexity index is 735. The Hall–Kier alpha value is -2.76. The molecule has 1 atom stereocenters. The zero-order valence-corrected chi connectivity index (χ0v) is 13.8. The Balaban J connectivity index is 1.98. The van der Waals surface area contributed by atoms with Gasteiger partial charge in [0.15, 0.2) is 11.6 Å². The molecule has 2 rings (SSSR count). The van der Waals surface area contributed by atoms with Crippen LogP contribution in [-0.4, -0.2) is 25.0 Å². The van der Waals surface area contributed by atoms with E-state index in [9.17, 15) is 18.4 Å². The van der Waals surface area contributed by atoms with E-state index in [-0.39, 0.29) is 5.56 Å². The van der Waals surface area contributed by atoms with Crippen LogP contribution < -0.4 is 5.32 Å². The molecule has 0 saturated carbocycles. The zero-order chi connectivity index (χ0) is 18.2. The molecule has 132 valence electrons. The number of hydrogen-bond acceptors (Lipinski definition) is 3. The number of carbonyl (C=O) groups is 2. The molecule has 0 unspecified atom stereocenters. The number of amides is 1. The quantitative estimate of drug-likeness (QED) is 0.782. The summed E-state index contributed by atoms with van der Waals surface area (Å²) < 4.78 is 30.9. The van der Waals surface area contributed by atoms with Crippen molar-refractivity contribution in [2.24, 2.45) is 0 Å². The second kappa shape index (κ2) is 8.92. The average molecular weight is 347 g/mol. The number of carbonyl (C=O) groups excluding carboxylic acids is 2. The van der Waals surface area contributed by atoms with Gasteiger partial charge in [-0.1, -0.05) is 30.3 Å². The topological polar surface area (TPSA) is 55.4 Å². The Morgan fingerprint density at radius 1 is 1.08 bits per heavy atom. The van der Waals surface area contributed by atoms with Crippen LogP contribution in [0.5, 0.6) is 0 Å². The highest BCUT2D eigenvalue weighted by atomic mass is 19.2. The summed E-state index contributed by atoms with van der Waals surface area (Å²) in [6.07, 6.45) is 1.77. The Labute approximate surface area is 144 Å². The normalized spacial score (nSPS) is 11.6. The molecule has 0 aliphatic heterocycles. The maximum atomic E-state index is 13.2. The second-order valence-corrected chi connectivity index (χ2v) is 5.56. The van der Waals surface area contributed by atoms with Crippen molar-refractivity contribution in [1.82, 2.24) is 5.32 Å². The molecular formula is C19H19F2NO3. The molecule has 2 aromatic rings. The van der Waals surface area contributed by atoms with Crippen molar-refractivity contribution >= 4 is 11.9 Å². The maximum Gasteiger partial charge on any atom is 0.328 e. The average Bonchev–Trinajstić information content (AvgIpc) is 2.63. The molecule has 6 heteroatoms. The first kappa shape index (κ1) is 18.6. The molecule has 0 saturated heterocycles. The molecule has 2 aromatic carbocycles. The van der Waals surface area contributed by atoms with E-state index in [1.54, 1.807) is 0 Å². The van der Waals surface area contributed by atoms with Gasteiger partial charge in [-0.25, -0.2) is 13.6 Å². The fraction of sp³-hybridized carbons (Fsp3) is 0.263. The number of hydrogen-bond donors (Lipinski definition) is 1. The number of esters is 1. The molecule has 0 aliphatic rings. The maximum absolute atomic E-state index is 13.2. The molecule has 1 amide bonds. The first-order valence-electron chi connectivity index (χ1n) is 7.89. The molecule has 0 spiro atoms. The third kappa shape index (κ3) is 5.38. The summed E-state index contributed by atoms with van der Waals surface area (Å²) in [6, 6.07) is 11.7. The van der Waals surface area contributed by atoms with Gasteiger partial charge in [0, 0.05) is 5.56 Å². The SMILES string of the molecule is COC(=O)[C@H](CCCc1ccccc1)NC(=O)c1ccc(F)c(F)c1. The van der Waals surface area contributed by atoms with Crippen molar-refractivity contribution in [2.75, 3.05) is 7.11 Å². The van der Waals surface area contributed by atoms with E-state index in [4.69, 9.17) is 4.74 Å². The number of rotatable bonds is 7. The summed E-state index contributed by atoms with van der Waals surface area (Å²) >= 11 is 0. The van der Waals surface area contributed by atoms with Crippen LogP contribution >= 0.6 is 0 Å². The molecule has 0 aliphatic carbocycles. The minimum Gasteiger partial charge on any atom is -0.467 e. The van der Waals surface area contributed by atoms with Gasteiger partial charge >= 0.3 is 5.97 Å². The fourth-order valence-corrected chi connectivity index (χ4v) is 2.43. The van der Waals surface area contributed by atoms with Crippen LogP contribution in [0.15, 0.2) is 48.5 Å². The largest absolute Gasteiger partial charge is 0.467 e. The van der Waals surface area contributed by atoms with Gasteiger partial charge < -0.3 is 10.1 Å². The number of ether oxygens (including phenoxy) is 1. The highest BCUT2D eigenvalue weighted by molar-refractivity contribution is 5.96. The first-order valence-corrected chi connectivity index (χ1v) is 7.89. The minimum atomic E-state index is -1.12. The molecule has 25 heavy (non-hydrogen) atoms. The number of nitrogens with one attached hydrogen (secondary N) is 1. The zero-order valence-electron chi connectivity index (χ0n) is 13.8. The third-order valence-electron chi connectivity index (χ3n) is 3.77. The summed E-state index contributed by atoms with van der Waals surface area (Å²) in [5, 5.41) is 2.51. The van der Waals surface area contributed by atoms with Crippen LogP contribution in [0.25, 0.3) is 0 Å². The van der Waals surface area contributed by atoms with Crippen molar-refractivity contribution in [3.05, 3.63) is 71.3 Å². The summed E-state index contributed by atoms with van der Waals surface area (Å²) in [7, 11) is 1.23. The van der Waals surface area contributed by atoms with Gasteiger partial charge in [0.2, 0.25) is 0 Å². The number of benzene rings is 2. The molecule has 0 heterocycles. The highest BCUT2D eigenvalue weighted by Gasteiger charge is 2.22. The van der Waals surface area contributed by atoms with Crippen molar-refractivity contribution in [1.29, 1.82) is 0 Å². The van der Waals surface area contributed by atoms with Crippen LogP contribution in [0, 0.1) is 11.6 Å². The van der Waals surface area contributed by atoms with Gasteiger partial charge in [0.1, 0.15) is 6.04 Å². The van der Waals surface area contributed by atoms with Gasteiger partial charge in [-0.2, -0.15) is 0 Å². The van der Waals surface area contributed by atoms with Crippen LogP contribution in [0.2, 0.25) is 0 Å². The van der Waals surface area contributed by atoms with Crippen LogP contribution in [0.3, 0.4) is 0 Å². The van der Waals surface area contributed by atoms with E-state index < -0.39 is 29.6 Å². The summed E-state index contributed by atoms with van der Waals surface area (Å²) in [5.74, 6) is -3.40. The second-order valence-electron chi connectivity index (χ2n) is 5.56. The Kier molecular flexibility index (Phi) is 6.62. The highest BCUT2D eigenvalue weighted by Crippen LogP contribution is 2.11. The lowest BCUT2D eigenvalue weighted by Gasteiger charge is -2.16. The van der Waals surface area contributed by atoms with Gasteiger partial charge in [0.05, 0.1) is 7.11 Å². The smallest absolute Gasteiger partial charge is 0.328 e. The Morgan fingerprint density at radius 3 is 2.44 bits per heavy atom. The monoisotopic (exact) mass is 347 g/mol. The molecule has 0 radical (unpaired) electrons. The van der Waals surface area contributed by atoms with Crippen molar-refractivity contribution in [3.63, 3.8) is 0 Å². The van der Waals surface area contributed by atoms with E-state index in [1.165, 1.54) is 7.11 Å². The first-order chi connectivity index (χ1) is 12.0. The number of methoxy groups -OCH3 is 1. The Morgan fingerprint density at radius 2 is 1.80 bits per heavy atom. The third-order valence-corrected chi connectivity index (χ3v) is 3.77. The van der Waals surface area contributed by atoms with E-state index in [0.717, 1.165) is 30.2 Å². The number of aryl methyl sites for hydroxylation is 1. The van der Waals surface area contributed by atoms with E-state index in [2.05, 4.69) is 5.32 Å². The molecule has 0 fully saturated rings. The fourth-order valence-electron chi connectivity index (χ4n) is 2.43. The molecular weight excluding hydrogens is 328 g/mol. The summed E-state index contributed by atoms with van der Waals surface area (Å²) in [5.41, 5.74) is 1.06. The molecule has 4 nitrogen and oxygen atoms in total. The molecule has 0 aromatic heterocycles. The lowest BCUT2D eigenvalue weighted by Crippen LogP contribution is -2.41. The van der Waals surface area contributed by atoms with Crippen LogP contribution in [0.4, 0.5) is 8.78 Å². The van der Waals surface area contributed by atoms with Crippen molar-refractivity contribution in [2.45, 2.75) is 25.3 Å². The predicted octanol–water partition coefficient (Wildman–Crippen LogP) is 3.26. The number of halogens is 2. The molecule has 1 N–H and O–H groups in total. The molecule has 0 bridgehead atoms. The summed E-state index contributed by atoms with van der Waals surface area (Å²) in [4.78, 5) is 24.0. The van der Waals surface area contributed by atoms with E-state index in [1.807, 2.05) is 30.3 Å². The van der Waals surface area contributed by atoms with E-state index in [0.29, 0.717) is 12.8 Å².